The fourth-order valence-corrected chi connectivity index (χ4v) is 3.14. The molecule has 1 fully saturated rings. The molecular weight excluding hydrogens is 246 g/mol. The Morgan fingerprint density at radius 1 is 1.35 bits per heavy atom. The smallest absolute Gasteiger partial charge is 0.108 e. The van der Waals surface area contributed by atoms with Crippen molar-refractivity contribution in [3.63, 3.8) is 0 Å². The van der Waals surface area contributed by atoms with Crippen molar-refractivity contribution in [3.05, 3.63) is 30.8 Å². The predicted molar refractivity (Wildman–Crippen MR) is 87.0 cm³/mol. The van der Waals surface area contributed by atoms with Crippen molar-refractivity contribution >= 4 is 17.2 Å². The van der Waals surface area contributed by atoms with E-state index in [-0.39, 0.29) is 0 Å². The molecule has 1 aliphatic heterocycles. The van der Waals surface area contributed by atoms with Crippen molar-refractivity contribution in [1.82, 2.24) is 0 Å². The molecule has 0 bridgehead atoms. The zero-order chi connectivity index (χ0) is 14.6. The van der Waals surface area contributed by atoms with Crippen LogP contribution in [0.4, 0.5) is 11.4 Å². The van der Waals surface area contributed by atoms with Crippen LogP contribution in [0.2, 0.25) is 0 Å². The van der Waals surface area contributed by atoms with Crippen molar-refractivity contribution < 1.29 is 4.48 Å². The summed E-state index contributed by atoms with van der Waals surface area (Å²) in [6, 6.07) is 9.11. The third kappa shape index (κ3) is 3.30. The van der Waals surface area contributed by atoms with Gasteiger partial charge in [-0.3, -0.25) is 0 Å². The summed E-state index contributed by atoms with van der Waals surface area (Å²) >= 11 is 0. The van der Waals surface area contributed by atoms with Crippen LogP contribution in [0.25, 0.3) is 0 Å². The summed E-state index contributed by atoms with van der Waals surface area (Å²) in [6.45, 7) is 9.33. The second-order valence-electron chi connectivity index (χ2n) is 6.18. The van der Waals surface area contributed by atoms with E-state index in [9.17, 15) is 0 Å². The van der Waals surface area contributed by atoms with Crippen molar-refractivity contribution in [1.29, 1.82) is 0 Å². The average molecular weight is 272 g/mol. The Bertz CT molecular complexity index is 483. The number of hydrogen-bond acceptors (Lipinski definition) is 2. The van der Waals surface area contributed by atoms with E-state index in [0.29, 0.717) is 0 Å². The van der Waals surface area contributed by atoms with Gasteiger partial charge in [-0.25, -0.2) is 4.99 Å². The standard InChI is InChI=1S/C17H26N3/c1-5-13-20(3,4)17-11-12-19(14-17)16-9-7-15(8-10-16)18-6-2/h7-10,17H,2,5,11-14H2,1,3-4H3/q+1. The molecule has 1 aromatic rings. The highest BCUT2D eigenvalue weighted by molar-refractivity contribution is 5.59. The molecule has 3 nitrogen and oxygen atoms in total. The van der Waals surface area contributed by atoms with Crippen LogP contribution in [0.5, 0.6) is 0 Å². The first-order chi connectivity index (χ1) is 9.56. The van der Waals surface area contributed by atoms with E-state index in [0.717, 1.165) is 29.3 Å². The van der Waals surface area contributed by atoms with Gasteiger partial charge in [0.15, 0.2) is 0 Å². The second-order valence-corrected chi connectivity index (χ2v) is 6.18. The Balaban J connectivity index is 2.03. The van der Waals surface area contributed by atoms with Crippen LogP contribution in [0.3, 0.4) is 0 Å². The molecule has 108 valence electrons. The summed E-state index contributed by atoms with van der Waals surface area (Å²) in [5, 5.41) is 0. The molecule has 0 aliphatic carbocycles. The van der Waals surface area contributed by atoms with Gasteiger partial charge in [0.1, 0.15) is 6.04 Å². The van der Waals surface area contributed by atoms with Crippen LogP contribution in [0.15, 0.2) is 35.8 Å². The molecule has 0 amide bonds. The molecule has 0 spiro atoms. The lowest BCUT2D eigenvalue weighted by atomic mass is 10.2. The largest absolute Gasteiger partial charge is 0.365 e. The fraction of sp³-hybridized carbons (Fsp3) is 0.529. The van der Waals surface area contributed by atoms with Crippen molar-refractivity contribution in [2.24, 2.45) is 4.99 Å². The second kappa shape index (κ2) is 6.25. The molecule has 1 aromatic carbocycles. The molecular formula is C17H26N3+. The first-order valence-corrected chi connectivity index (χ1v) is 7.47. The number of likely N-dealkylation sites (N-methyl/N-ethyl adjacent to an activating group) is 1. The maximum atomic E-state index is 4.07. The topological polar surface area (TPSA) is 15.6 Å². The number of quaternary nitrogens is 1. The molecule has 0 N–H and O–H groups in total. The van der Waals surface area contributed by atoms with E-state index < -0.39 is 0 Å². The van der Waals surface area contributed by atoms with Gasteiger partial charge in [-0.15, -0.1) is 0 Å². The monoisotopic (exact) mass is 272 g/mol. The molecule has 1 aliphatic rings. The van der Waals surface area contributed by atoms with E-state index in [1.54, 1.807) is 0 Å². The van der Waals surface area contributed by atoms with Gasteiger partial charge in [0.2, 0.25) is 0 Å². The van der Waals surface area contributed by atoms with E-state index in [1.807, 2.05) is 12.1 Å². The lowest BCUT2D eigenvalue weighted by molar-refractivity contribution is -0.912. The molecule has 1 saturated heterocycles. The lowest BCUT2D eigenvalue weighted by Gasteiger charge is -2.36. The van der Waals surface area contributed by atoms with Gasteiger partial charge in [0.25, 0.3) is 0 Å². The Labute approximate surface area is 122 Å². The van der Waals surface area contributed by atoms with Crippen LogP contribution in [0.1, 0.15) is 19.8 Å². The third-order valence-corrected chi connectivity index (χ3v) is 4.37. The Morgan fingerprint density at radius 3 is 2.65 bits per heavy atom. The number of benzene rings is 1. The zero-order valence-corrected chi connectivity index (χ0v) is 13.0. The quantitative estimate of drug-likeness (QED) is 0.593. The fourth-order valence-electron chi connectivity index (χ4n) is 3.14. The maximum absolute atomic E-state index is 4.07. The van der Waals surface area contributed by atoms with Crippen LogP contribution in [0, 0.1) is 0 Å². The minimum Gasteiger partial charge on any atom is -0.365 e. The summed E-state index contributed by atoms with van der Waals surface area (Å²) < 4.78 is 1.13. The molecule has 0 saturated carbocycles. The first-order valence-electron chi connectivity index (χ1n) is 7.47. The minimum absolute atomic E-state index is 0.737. The van der Waals surface area contributed by atoms with Crippen LogP contribution >= 0.6 is 0 Å². The normalized spacial score (nSPS) is 18.9. The van der Waals surface area contributed by atoms with Crippen molar-refractivity contribution in [2.75, 3.05) is 38.6 Å². The van der Waals surface area contributed by atoms with Crippen LogP contribution in [-0.4, -0.2) is 50.1 Å². The molecule has 1 atom stereocenters. The van der Waals surface area contributed by atoms with E-state index in [4.69, 9.17) is 0 Å². The van der Waals surface area contributed by atoms with Gasteiger partial charge in [-0.1, -0.05) is 6.92 Å². The molecule has 20 heavy (non-hydrogen) atoms. The first kappa shape index (κ1) is 14.8. The Hall–Kier alpha value is -1.57. The number of nitrogens with zero attached hydrogens (tertiary/aromatic N) is 3. The molecule has 0 radical (unpaired) electrons. The highest BCUT2D eigenvalue weighted by Gasteiger charge is 2.34. The number of anilines is 1. The predicted octanol–water partition coefficient (Wildman–Crippen LogP) is 3.24. The lowest BCUT2D eigenvalue weighted by Crippen LogP contribution is -2.50. The van der Waals surface area contributed by atoms with Gasteiger partial charge < -0.3 is 9.38 Å². The average Bonchev–Trinajstić information content (AvgIpc) is 2.90. The molecule has 0 aromatic heterocycles. The summed E-state index contributed by atoms with van der Waals surface area (Å²) in [7, 11) is 4.72. The Kier molecular flexibility index (Phi) is 4.64. The van der Waals surface area contributed by atoms with E-state index in [2.05, 4.69) is 55.5 Å². The van der Waals surface area contributed by atoms with Gasteiger partial charge in [-0.2, -0.15) is 0 Å². The highest BCUT2D eigenvalue weighted by Crippen LogP contribution is 2.27. The minimum atomic E-state index is 0.737. The summed E-state index contributed by atoms with van der Waals surface area (Å²) in [5.74, 6) is 2.57. The summed E-state index contributed by atoms with van der Waals surface area (Å²) in [6.07, 6.45) is 2.53. The molecule has 1 unspecified atom stereocenters. The van der Waals surface area contributed by atoms with Crippen molar-refractivity contribution in [2.45, 2.75) is 25.8 Å². The number of aliphatic imine (C=N–C) groups is 1. The molecule has 2 rings (SSSR count). The van der Waals surface area contributed by atoms with Gasteiger partial charge >= 0.3 is 0 Å². The van der Waals surface area contributed by atoms with Crippen LogP contribution in [-0.2, 0) is 0 Å². The Morgan fingerprint density at radius 2 is 2.05 bits per heavy atom. The van der Waals surface area contributed by atoms with Crippen molar-refractivity contribution in [3.8, 4) is 0 Å². The molecule has 1 heterocycles. The summed E-state index contributed by atoms with van der Waals surface area (Å²) in [5.41, 5.74) is 2.22. The SMILES string of the molecule is C=C=Nc1ccc(N2CCC([N+](C)(C)CCC)C2)cc1. The third-order valence-electron chi connectivity index (χ3n) is 4.37. The highest BCUT2D eigenvalue weighted by atomic mass is 15.4. The van der Waals surface area contributed by atoms with E-state index >= 15 is 0 Å². The maximum Gasteiger partial charge on any atom is 0.108 e. The van der Waals surface area contributed by atoms with Gasteiger partial charge in [0.05, 0.1) is 32.9 Å². The van der Waals surface area contributed by atoms with Gasteiger partial charge in [0, 0.05) is 18.7 Å². The summed E-state index contributed by atoms with van der Waals surface area (Å²) in [4.78, 5) is 6.56. The number of rotatable bonds is 5. The number of hydrogen-bond donors (Lipinski definition) is 0. The van der Waals surface area contributed by atoms with Crippen LogP contribution < -0.4 is 4.90 Å². The molecule has 3 heteroatoms. The van der Waals surface area contributed by atoms with Gasteiger partial charge in [-0.05, 0) is 43.1 Å². The zero-order valence-electron chi connectivity index (χ0n) is 13.0. The van der Waals surface area contributed by atoms with E-state index in [1.165, 1.54) is 25.1 Å².